The molecular weight excluding hydrogens is 180 g/mol. The van der Waals surface area contributed by atoms with Gasteiger partial charge in [0.15, 0.2) is 0 Å². The van der Waals surface area contributed by atoms with Crippen LogP contribution in [0.25, 0.3) is 0 Å². The number of rotatable bonds is 2. The first-order valence-corrected chi connectivity index (χ1v) is 5.03. The average Bonchev–Trinajstić information content (AvgIpc) is 1.93. The molecule has 0 saturated heterocycles. The molecule has 0 spiro atoms. The van der Waals surface area contributed by atoms with Crippen LogP contribution in [-0.2, 0) is 25.0 Å². The van der Waals surface area contributed by atoms with E-state index in [1.54, 1.807) is 6.07 Å². The van der Waals surface area contributed by atoms with Gasteiger partial charge < -0.3 is 8.39 Å². The highest BCUT2D eigenvalue weighted by atomic mass is 32.8. The first-order chi connectivity index (χ1) is 5.20. The zero-order valence-electron chi connectivity index (χ0n) is 5.94. The molecule has 2 nitrogen and oxygen atoms in total. The second-order valence-electron chi connectivity index (χ2n) is 2.05. The van der Waals surface area contributed by atoms with Crippen molar-refractivity contribution in [1.29, 1.82) is 0 Å². The Hall–Kier alpha value is -0.610. The third-order valence-corrected chi connectivity index (χ3v) is 1.77. The van der Waals surface area contributed by atoms with Gasteiger partial charge in [0.2, 0.25) is 0 Å². The van der Waals surface area contributed by atoms with Gasteiger partial charge in [0.25, 0.3) is 0 Å². The molecule has 0 aromatic heterocycles. The Balaban J connectivity index is 2.94. The van der Waals surface area contributed by atoms with Crippen LogP contribution in [0, 0.1) is 6.92 Å². The lowest BCUT2D eigenvalue weighted by molar-refractivity contribution is 0.534. The van der Waals surface area contributed by atoms with Crippen molar-refractivity contribution in [3.63, 3.8) is 0 Å². The van der Waals surface area contributed by atoms with Crippen molar-refractivity contribution >= 4 is 20.8 Å². The highest BCUT2D eigenvalue weighted by Crippen LogP contribution is 2.15. The van der Waals surface area contributed by atoms with Crippen LogP contribution in [-0.4, -0.2) is 0 Å². The zero-order valence-corrected chi connectivity index (χ0v) is 7.58. The standard InChI is InChI=1S/C7H7O2S2/c1-6-4-2-3-5-7(6)9-11(8)10/h2-5H,1H3/q-1. The summed E-state index contributed by atoms with van der Waals surface area (Å²) >= 11 is 4.37. The molecule has 0 aliphatic rings. The second-order valence-corrected chi connectivity index (χ2v) is 3.44. The van der Waals surface area contributed by atoms with E-state index in [9.17, 15) is 4.21 Å². The summed E-state index contributed by atoms with van der Waals surface area (Å²) in [5.41, 5.74) is 0.936. The van der Waals surface area contributed by atoms with Crippen LogP contribution in [0.2, 0.25) is 0 Å². The topological polar surface area (TPSA) is 26.3 Å². The maximum absolute atomic E-state index is 10.5. The van der Waals surface area contributed by atoms with Crippen LogP contribution < -0.4 is 4.18 Å². The van der Waals surface area contributed by atoms with E-state index in [0.717, 1.165) is 5.56 Å². The molecule has 60 valence electrons. The molecule has 0 heterocycles. The van der Waals surface area contributed by atoms with Gasteiger partial charge in [-0.1, -0.05) is 18.2 Å². The van der Waals surface area contributed by atoms with Crippen molar-refractivity contribution in [2.45, 2.75) is 6.92 Å². The van der Waals surface area contributed by atoms with Crippen molar-refractivity contribution in [2.24, 2.45) is 0 Å². The fourth-order valence-electron chi connectivity index (χ4n) is 0.723. The third kappa shape index (κ3) is 2.48. The second kappa shape index (κ2) is 3.69. The highest BCUT2D eigenvalue weighted by Gasteiger charge is 1.90. The Kier molecular flexibility index (Phi) is 2.84. The van der Waals surface area contributed by atoms with Crippen LogP contribution >= 0.6 is 0 Å². The van der Waals surface area contributed by atoms with Gasteiger partial charge in [0.1, 0.15) is 5.75 Å². The first kappa shape index (κ1) is 8.49. The lowest BCUT2D eigenvalue weighted by Gasteiger charge is -2.08. The van der Waals surface area contributed by atoms with Crippen molar-refractivity contribution in [3.8, 4) is 5.75 Å². The van der Waals surface area contributed by atoms with Gasteiger partial charge in [-0.15, -0.1) is 0 Å². The molecule has 0 saturated carbocycles. The number of aryl methyl sites for hydroxylation is 1. The quantitative estimate of drug-likeness (QED) is 0.659. The SMILES string of the molecule is Cc1ccccc1O[S-](=O)=S. The van der Waals surface area contributed by atoms with E-state index in [-0.39, 0.29) is 0 Å². The van der Waals surface area contributed by atoms with Gasteiger partial charge in [-0.25, -0.2) is 0 Å². The van der Waals surface area contributed by atoms with E-state index < -0.39 is 9.64 Å². The summed E-state index contributed by atoms with van der Waals surface area (Å²) in [5.74, 6) is 0.584. The molecule has 0 unspecified atom stereocenters. The van der Waals surface area contributed by atoms with Crippen LogP contribution in [0.15, 0.2) is 24.3 Å². The molecule has 0 amide bonds. The van der Waals surface area contributed by atoms with Gasteiger partial charge in [-0.05, 0) is 28.2 Å². The molecule has 1 aromatic carbocycles. The van der Waals surface area contributed by atoms with E-state index in [2.05, 4.69) is 11.2 Å². The van der Waals surface area contributed by atoms with E-state index >= 15 is 0 Å². The highest BCUT2D eigenvalue weighted by molar-refractivity contribution is 8.19. The predicted molar refractivity (Wildman–Crippen MR) is 47.2 cm³/mol. The van der Waals surface area contributed by atoms with Crippen LogP contribution in [0.4, 0.5) is 0 Å². The zero-order chi connectivity index (χ0) is 8.27. The first-order valence-electron chi connectivity index (χ1n) is 3.03. The lowest BCUT2D eigenvalue weighted by Crippen LogP contribution is -1.89. The molecule has 11 heavy (non-hydrogen) atoms. The summed E-state index contributed by atoms with van der Waals surface area (Å²) in [7, 11) is -1.64. The number of hydrogen-bond acceptors (Lipinski definition) is 4. The summed E-state index contributed by atoms with van der Waals surface area (Å²) in [6.07, 6.45) is 0. The van der Waals surface area contributed by atoms with E-state index in [1.807, 2.05) is 25.1 Å². The number of para-hydroxylation sites is 1. The van der Waals surface area contributed by atoms with Crippen LogP contribution in [0.1, 0.15) is 5.56 Å². The smallest absolute Gasteiger partial charge is 0.103 e. The summed E-state index contributed by atoms with van der Waals surface area (Å²) in [6.45, 7) is 1.87. The van der Waals surface area contributed by atoms with Gasteiger partial charge in [-0.3, -0.25) is 0 Å². The van der Waals surface area contributed by atoms with Crippen LogP contribution in [0.3, 0.4) is 0 Å². The van der Waals surface area contributed by atoms with Gasteiger partial charge in [-0.2, -0.15) is 11.2 Å². The summed E-state index contributed by atoms with van der Waals surface area (Å²) in [5, 5.41) is 0. The fraction of sp³-hybridized carbons (Fsp3) is 0.143. The molecule has 0 aliphatic heterocycles. The molecule has 1 aromatic rings. The monoisotopic (exact) mass is 187 g/mol. The maximum Gasteiger partial charge on any atom is 0.103 e. The van der Waals surface area contributed by atoms with Gasteiger partial charge in [0, 0.05) is 0 Å². The predicted octanol–water partition coefficient (Wildman–Crippen LogP) is 1.71. The molecule has 0 N–H and O–H groups in total. The maximum atomic E-state index is 10.5. The molecule has 0 radical (unpaired) electrons. The summed E-state index contributed by atoms with van der Waals surface area (Å²) in [6, 6.07) is 7.30. The largest absolute Gasteiger partial charge is 0.551 e. The number of benzene rings is 1. The van der Waals surface area contributed by atoms with Crippen molar-refractivity contribution in [2.75, 3.05) is 0 Å². The molecule has 4 heteroatoms. The Labute approximate surface area is 72.1 Å². The molecular formula is C7H7O2S2-. The Morgan fingerprint density at radius 3 is 2.64 bits per heavy atom. The van der Waals surface area contributed by atoms with Gasteiger partial charge >= 0.3 is 0 Å². The van der Waals surface area contributed by atoms with E-state index in [4.69, 9.17) is 4.18 Å². The molecule has 0 bridgehead atoms. The minimum Gasteiger partial charge on any atom is -0.551 e. The van der Waals surface area contributed by atoms with Gasteiger partial charge in [0.05, 0.1) is 0 Å². The molecule has 1 rings (SSSR count). The van der Waals surface area contributed by atoms with Crippen molar-refractivity contribution in [3.05, 3.63) is 29.8 Å². The third-order valence-electron chi connectivity index (χ3n) is 1.25. The number of hydrogen-bond donors (Lipinski definition) is 0. The lowest BCUT2D eigenvalue weighted by atomic mass is 10.2. The van der Waals surface area contributed by atoms with E-state index in [1.165, 1.54) is 0 Å². The minimum atomic E-state index is -1.64. The normalized spacial score (nSPS) is 10.0. The minimum absolute atomic E-state index is 0.584. The fourth-order valence-corrected chi connectivity index (χ4v) is 1.28. The Morgan fingerprint density at radius 1 is 1.45 bits per heavy atom. The molecule has 0 aliphatic carbocycles. The Bertz CT molecular complexity index is 310. The summed E-state index contributed by atoms with van der Waals surface area (Å²) < 4.78 is 15.3. The molecule has 0 fully saturated rings. The van der Waals surface area contributed by atoms with Crippen molar-refractivity contribution in [1.82, 2.24) is 0 Å². The van der Waals surface area contributed by atoms with E-state index in [0.29, 0.717) is 5.75 Å². The Morgan fingerprint density at radius 2 is 2.09 bits per heavy atom. The summed E-state index contributed by atoms with van der Waals surface area (Å²) in [4.78, 5) is 0. The molecule has 0 atom stereocenters. The average molecular weight is 187 g/mol. The van der Waals surface area contributed by atoms with Crippen LogP contribution in [0.5, 0.6) is 5.75 Å². The van der Waals surface area contributed by atoms with Crippen molar-refractivity contribution < 1.29 is 8.39 Å².